The quantitative estimate of drug-likeness (QED) is 0.520. The van der Waals surface area contributed by atoms with Crippen molar-refractivity contribution in [3.63, 3.8) is 0 Å². The van der Waals surface area contributed by atoms with Gasteiger partial charge in [-0.1, -0.05) is 18.2 Å². The molecule has 7 nitrogen and oxygen atoms in total. The summed E-state index contributed by atoms with van der Waals surface area (Å²) in [5.41, 5.74) is 11.2. The molecular formula is C13H17N3O4. The van der Waals surface area contributed by atoms with Crippen LogP contribution >= 0.6 is 0 Å². The molecule has 0 saturated carbocycles. The molecule has 1 atom stereocenters. The lowest BCUT2D eigenvalue weighted by Crippen LogP contribution is -2.43. The number of carbonyl (C=O) groups excluding carboxylic acids is 2. The van der Waals surface area contributed by atoms with Crippen LogP contribution in [0.4, 0.5) is 0 Å². The Kier molecular flexibility index (Phi) is 5.67. The van der Waals surface area contributed by atoms with Crippen molar-refractivity contribution in [1.29, 1.82) is 0 Å². The number of amides is 2. The maximum Gasteiger partial charge on any atom is 0.335 e. The van der Waals surface area contributed by atoms with Crippen LogP contribution in [-0.4, -0.2) is 35.5 Å². The minimum atomic E-state index is -1.02. The van der Waals surface area contributed by atoms with Gasteiger partial charge < -0.3 is 21.9 Å². The monoisotopic (exact) mass is 279 g/mol. The lowest BCUT2D eigenvalue weighted by Gasteiger charge is -2.11. The molecule has 1 unspecified atom stereocenters. The Bertz CT molecular complexity index is 516. The number of benzene rings is 1. The summed E-state index contributed by atoms with van der Waals surface area (Å²) in [4.78, 5) is 33.1. The minimum absolute atomic E-state index is 0.197. The molecule has 108 valence electrons. The molecule has 1 aromatic rings. The van der Waals surface area contributed by atoms with Crippen LogP contribution in [0, 0.1) is 0 Å². The van der Waals surface area contributed by atoms with Crippen LogP contribution in [0.3, 0.4) is 0 Å². The van der Waals surface area contributed by atoms with Crippen LogP contribution in [0.5, 0.6) is 0 Å². The van der Waals surface area contributed by atoms with Crippen LogP contribution in [-0.2, 0) is 16.0 Å². The molecule has 0 radical (unpaired) electrons. The van der Waals surface area contributed by atoms with Gasteiger partial charge in [-0.2, -0.15) is 0 Å². The van der Waals surface area contributed by atoms with Gasteiger partial charge in [-0.15, -0.1) is 0 Å². The second-order valence-corrected chi connectivity index (χ2v) is 4.28. The molecule has 1 rings (SSSR count). The molecule has 2 amide bonds. The minimum Gasteiger partial charge on any atom is -0.478 e. The molecule has 0 bridgehead atoms. The van der Waals surface area contributed by atoms with E-state index in [1.807, 2.05) is 0 Å². The Morgan fingerprint density at radius 1 is 1.25 bits per heavy atom. The molecule has 0 aromatic heterocycles. The fraction of sp³-hybridized carbons (Fsp3) is 0.308. The molecule has 0 aliphatic rings. The van der Waals surface area contributed by atoms with Crippen molar-refractivity contribution >= 4 is 17.8 Å². The zero-order valence-corrected chi connectivity index (χ0v) is 10.8. The highest BCUT2D eigenvalue weighted by atomic mass is 16.4. The summed E-state index contributed by atoms with van der Waals surface area (Å²) in [6, 6.07) is 5.55. The van der Waals surface area contributed by atoms with E-state index in [0.29, 0.717) is 12.0 Å². The van der Waals surface area contributed by atoms with Gasteiger partial charge in [0.15, 0.2) is 0 Å². The van der Waals surface area contributed by atoms with Crippen LogP contribution in [0.2, 0.25) is 0 Å². The predicted octanol–water partition coefficient (Wildman–Crippen LogP) is -0.754. The van der Waals surface area contributed by atoms with Crippen LogP contribution in [0.25, 0.3) is 0 Å². The SMILES string of the molecule is NC(=O)CC(N)C(=O)NCCc1ccccc1C(=O)O. The van der Waals surface area contributed by atoms with Gasteiger partial charge in [-0.05, 0) is 18.1 Å². The second-order valence-electron chi connectivity index (χ2n) is 4.28. The number of nitrogens with two attached hydrogens (primary N) is 2. The standard InChI is InChI=1S/C13H17N3O4/c14-10(7-11(15)17)12(18)16-6-5-8-3-1-2-4-9(8)13(19)20/h1-4,10H,5-7,14H2,(H2,15,17)(H,16,18)(H,19,20). The van der Waals surface area contributed by atoms with E-state index in [4.69, 9.17) is 16.6 Å². The zero-order valence-electron chi connectivity index (χ0n) is 10.8. The van der Waals surface area contributed by atoms with Gasteiger partial charge >= 0.3 is 5.97 Å². The Morgan fingerprint density at radius 2 is 1.90 bits per heavy atom. The number of hydrogen-bond donors (Lipinski definition) is 4. The summed E-state index contributed by atoms with van der Waals surface area (Å²) in [6.45, 7) is 0.232. The maximum absolute atomic E-state index is 11.5. The highest BCUT2D eigenvalue weighted by Gasteiger charge is 2.15. The van der Waals surface area contributed by atoms with Crippen molar-refractivity contribution < 1.29 is 19.5 Å². The third-order valence-corrected chi connectivity index (χ3v) is 2.70. The normalized spacial score (nSPS) is 11.7. The summed E-state index contributed by atoms with van der Waals surface area (Å²) in [6.07, 6.45) is 0.134. The van der Waals surface area contributed by atoms with Crippen molar-refractivity contribution in [2.75, 3.05) is 6.54 Å². The van der Waals surface area contributed by atoms with E-state index in [0.717, 1.165) is 0 Å². The molecule has 0 saturated heterocycles. The van der Waals surface area contributed by atoms with E-state index >= 15 is 0 Å². The molecule has 1 aromatic carbocycles. The van der Waals surface area contributed by atoms with E-state index in [2.05, 4.69) is 5.32 Å². The first-order valence-corrected chi connectivity index (χ1v) is 6.04. The number of rotatable bonds is 7. The number of aromatic carboxylic acids is 1. The fourth-order valence-electron chi connectivity index (χ4n) is 1.71. The predicted molar refractivity (Wildman–Crippen MR) is 71.9 cm³/mol. The number of primary amides is 1. The lowest BCUT2D eigenvalue weighted by atomic mass is 10.0. The van der Waals surface area contributed by atoms with Crippen molar-refractivity contribution in [2.45, 2.75) is 18.9 Å². The van der Waals surface area contributed by atoms with Gasteiger partial charge in [0.25, 0.3) is 0 Å². The summed E-state index contributed by atoms with van der Waals surface area (Å²) in [5.74, 6) is -2.15. The first-order chi connectivity index (χ1) is 9.41. The molecule has 0 heterocycles. The van der Waals surface area contributed by atoms with Crippen LogP contribution in [0.1, 0.15) is 22.3 Å². The Labute approximate surface area is 115 Å². The van der Waals surface area contributed by atoms with E-state index in [-0.39, 0.29) is 18.5 Å². The number of carboxylic acid groups (broad SMARTS) is 1. The zero-order chi connectivity index (χ0) is 15.1. The van der Waals surface area contributed by atoms with Gasteiger partial charge in [-0.25, -0.2) is 4.79 Å². The molecule has 20 heavy (non-hydrogen) atoms. The highest BCUT2D eigenvalue weighted by molar-refractivity contribution is 5.89. The van der Waals surface area contributed by atoms with E-state index in [9.17, 15) is 14.4 Å². The Balaban J connectivity index is 2.51. The summed E-state index contributed by atoms with van der Waals surface area (Å²) < 4.78 is 0. The topological polar surface area (TPSA) is 136 Å². The van der Waals surface area contributed by atoms with E-state index < -0.39 is 23.8 Å². The molecule has 0 fully saturated rings. The largest absolute Gasteiger partial charge is 0.478 e. The second kappa shape index (κ2) is 7.25. The molecule has 0 aliphatic carbocycles. The van der Waals surface area contributed by atoms with E-state index in [1.165, 1.54) is 6.07 Å². The first kappa shape index (κ1) is 15.6. The van der Waals surface area contributed by atoms with Crippen molar-refractivity contribution in [3.8, 4) is 0 Å². The fourth-order valence-corrected chi connectivity index (χ4v) is 1.71. The molecule has 6 N–H and O–H groups in total. The van der Waals surface area contributed by atoms with Crippen molar-refractivity contribution in [2.24, 2.45) is 11.5 Å². The first-order valence-electron chi connectivity index (χ1n) is 6.04. The van der Waals surface area contributed by atoms with Crippen LogP contribution < -0.4 is 16.8 Å². The smallest absolute Gasteiger partial charge is 0.335 e. The Morgan fingerprint density at radius 3 is 2.50 bits per heavy atom. The molecule has 7 heteroatoms. The van der Waals surface area contributed by atoms with Crippen molar-refractivity contribution in [1.82, 2.24) is 5.32 Å². The number of carboxylic acids is 1. The average molecular weight is 279 g/mol. The number of nitrogens with one attached hydrogen (secondary N) is 1. The van der Waals surface area contributed by atoms with Crippen molar-refractivity contribution in [3.05, 3.63) is 35.4 Å². The number of carbonyl (C=O) groups is 3. The molecule has 0 spiro atoms. The summed E-state index contributed by atoms with van der Waals surface area (Å²) in [7, 11) is 0. The lowest BCUT2D eigenvalue weighted by molar-refractivity contribution is -0.126. The molecular weight excluding hydrogens is 262 g/mol. The molecule has 0 aliphatic heterocycles. The maximum atomic E-state index is 11.5. The third kappa shape index (κ3) is 4.69. The van der Waals surface area contributed by atoms with Crippen LogP contribution in [0.15, 0.2) is 24.3 Å². The van der Waals surface area contributed by atoms with E-state index in [1.54, 1.807) is 18.2 Å². The third-order valence-electron chi connectivity index (χ3n) is 2.70. The average Bonchev–Trinajstić information content (AvgIpc) is 2.38. The summed E-state index contributed by atoms with van der Waals surface area (Å²) in [5, 5.41) is 11.5. The van der Waals surface area contributed by atoms with Gasteiger partial charge in [0, 0.05) is 6.54 Å². The van der Waals surface area contributed by atoms with Gasteiger partial charge in [-0.3, -0.25) is 9.59 Å². The van der Waals surface area contributed by atoms with Gasteiger partial charge in [0.05, 0.1) is 18.0 Å². The van der Waals surface area contributed by atoms with Gasteiger partial charge in [0.2, 0.25) is 11.8 Å². The Hall–Kier alpha value is -2.41. The number of hydrogen-bond acceptors (Lipinski definition) is 4. The highest BCUT2D eigenvalue weighted by Crippen LogP contribution is 2.08. The summed E-state index contributed by atoms with van der Waals surface area (Å²) >= 11 is 0. The van der Waals surface area contributed by atoms with Gasteiger partial charge in [0.1, 0.15) is 0 Å².